The first kappa shape index (κ1) is 14.8. The molecule has 3 heteroatoms. The maximum Gasteiger partial charge on any atom is 0.136 e. The van der Waals surface area contributed by atoms with Gasteiger partial charge in [-0.05, 0) is 32.5 Å². The number of carbonyl (C=O) groups excluding carboxylic acids is 1. The van der Waals surface area contributed by atoms with Crippen LogP contribution < -0.4 is 0 Å². The Labute approximate surface area is 110 Å². The van der Waals surface area contributed by atoms with Crippen molar-refractivity contribution in [3.05, 3.63) is 29.6 Å². The third kappa shape index (κ3) is 4.22. The van der Waals surface area contributed by atoms with Gasteiger partial charge in [-0.15, -0.1) is 0 Å². The lowest BCUT2D eigenvalue weighted by atomic mass is 9.88. The molecule has 18 heavy (non-hydrogen) atoms. The number of pyridine rings is 1. The lowest BCUT2D eigenvalue weighted by molar-refractivity contribution is -0.125. The SMILES string of the molecule is CCN(Cc1cccc(C)n1)CC(C)(C)C(C)=O. The highest BCUT2D eigenvalue weighted by molar-refractivity contribution is 5.81. The first-order valence-corrected chi connectivity index (χ1v) is 6.51. The Bertz CT molecular complexity index is 413. The summed E-state index contributed by atoms with van der Waals surface area (Å²) in [5.41, 5.74) is 1.81. The van der Waals surface area contributed by atoms with Gasteiger partial charge in [-0.3, -0.25) is 14.7 Å². The van der Waals surface area contributed by atoms with Gasteiger partial charge < -0.3 is 0 Å². The zero-order valence-electron chi connectivity index (χ0n) is 12.2. The number of hydrogen-bond acceptors (Lipinski definition) is 3. The summed E-state index contributed by atoms with van der Waals surface area (Å²) >= 11 is 0. The van der Waals surface area contributed by atoms with Crippen LogP contribution in [0.1, 0.15) is 39.1 Å². The van der Waals surface area contributed by atoms with E-state index < -0.39 is 0 Å². The molecule has 0 unspecified atom stereocenters. The summed E-state index contributed by atoms with van der Waals surface area (Å²) < 4.78 is 0. The molecule has 0 N–H and O–H groups in total. The van der Waals surface area contributed by atoms with Gasteiger partial charge in [0.15, 0.2) is 0 Å². The predicted octanol–water partition coefficient (Wildman–Crippen LogP) is 2.83. The molecule has 0 spiro atoms. The van der Waals surface area contributed by atoms with Crippen LogP contribution in [0.25, 0.3) is 0 Å². The van der Waals surface area contributed by atoms with Gasteiger partial charge in [0, 0.05) is 24.2 Å². The molecule has 1 heterocycles. The van der Waals surface area contributed by atoms with Crippen molar-refractivity contribution in [3.8, 4) is 0 Å². The molecule has 3 nitrogen and oxygen atoms in total. The van der Waals surface area contributed by atoms with Gasteiger partial charge in [-0.25, -0.2) is 0 Å². The van der Waals surface area contributed by atoms with Crippen molar-refractivity contribution in [1.29, 1.82) is 0 Å². The first-order chi connectivity index (χ1) is 8.35. The molecule has 0 amide bonds. The van der Waals surface area contributed by atoms with Crippen molar-refractivity contribution < 1.29 is 4.79 Å². The van der Waals surface area contributed by atoms with Crippen molar-refractivity contribution in [3.63, 3.8) is 0 Å². The number of hydrogen-bond donors (Lipinski definition) is 0. The smallest absolute Gasteiger partial charge is 0.136 e. The Morgan fingerprint density at radius 2 is 2.06 bits per heavy atom. The highest BCUT2D eigenvalue weighted by Crippen LogP contribution is 2.19. The highest BCUT2D eigenvalue weighted by Gasteiger charge is 2.26. The van der Waals surface area contributed by atoms with E-state index in [2.05, 4.69) is 16.8 Å². The second kappa shape index (κ2) is 6.10. The molecule has 0 fully saturated rings. The van der Waals surface area contributed by atoms with Crippen LogP contribution in [-0.2, 0) is 11.3 Å². The van der Waals surface area contributed by atoms with E-state index in [0.29, 0.717) is 0 Å². The summed E-state index contributed by atoms with van der Waals surface area (Å²) in [4.78, 5) is 18.4. The number of ketones is 1. The summed E-state index contributed by atoms with van der Waals surface area (Å²) in [6.45, 7) is 12.3. The van der Waals surface area contributed by atoms with Crippen LogP contribution in [0.3, 0.4) is 0 Å². The van der Waals surface area contributed by atoms with E-state index in [-0.39, 0.29) is 11.2 Å². The summed E-state index contributed by atoms with van der Waals surface area (Å²) in [5.74, 6) is 0.234. The number of carbonyl (C=O) groups is 1. The van der Waals surface area contributed by atoms with Crippen LogP contribution in [0.15, 0.2) is 18.2 Å². The summed E-state index contributed by atoms with van der Waals surface area (Å²) in [5, 5.41) is 0. The van der Waals surface area contributed by atoms with Crippen LogP contribution in [0.2, 0.25) is 0 Å². The lowest BCUT2D eigenvalue weighted by Crippen LogP contribution is -2.38. The predicted molar refractivity (Wildman–Crippen MR) is 74.4 cm³/mol. The monoisotopic (exact) mass is 248 g/mol. The molecule has 0 aliphatic rings. The van der Waals surface area contributed by atoms with Crippen molar-refractivity contribution in [2.24, 2.45) is 5.41 Å². The number of aromatic nitrogens is 1. The molecule has 0 aliphatic heterocycles. The van der Waals surface area contributed by atoms with Crippen molar-refractivity contribution in [2.45, 2.75) is 41.2 Å². The third-order valence-corrected chi connectivity index (χ3v) is 3.35. The van der Waals surface area contributed by atoms with E-state index in [0.717, 1.165) is 31.0 Å². The highest BCUT2D eigenvalue weighted by atomic mass is 16.1. The minimum Gasteiger partial charge on any atom is -0.299 e. The summed E-state index contributed by atoms with van der Waals surface area (Å²) in [6.07, 6.45) is 0. The van der Waals surface area contributed by atoms with E-state index in [4.69, 9.17) is 0 Å². The van der Waals surface area contributed by atoms with Crippen LogP contribution in [0, 0.1) is 12.3 Å². The first-order valence-electron chi connectivity index (χ1n) is 6.51. The lowest BCUT2D eigenvalue weighted by Gasteiger charge is -2.29. The normalized spacial score (nSPS) is 11.9. The Hall–Kier alpha value is -1.22. The second-order valence-corrected chi connectivity index (χ2v) is 5.51. The average Bonchev–Trinajstić information content (AvgIpc) is 2.27. The van der Waals surface area contributed by atoms with Gasteiger partial charge in [0.2, 0.25) is 0 Å². The van der Waals surface area contributed by atoms with Gasteiger partial charge in [0.1, 0.15) is 5.78 Å². The fourth-order valence-corrected chi connectivity index (χ4v) is 1.87. The zero-order valence-corrected chi connectivity index (χ0v) is 12.2. The number of Topliss-reactive ketones (excluding diaryl/α,β-unsaturated/α-hetero) is 1. The molecule has 0 aromatic carbocycles. The second-order valence-electron chi connectivity index (χ2n) is 5.51. The fourth-order valence-electron chi connectivity index (χ4n) is 1.87. The molecule has 1 rings (SSSR count). The molecule has 1 aromatic heterocycles. The van der Waals surface area contributed by atoms with Crippen LogP contribution in [0.5, 0.6) is 0 Å². The maximum absolute atomic E-state index is 11.6. The van der Waals surface area contributed by atoms with Gasteiger partial charge in [-0.1, -0.05) is 26.8 Å². The molecule has 100 valence electrons. The molecule has 0 bridgehead atoms. The van der Waals surface area contributed by atoms with Crippen LogP contribution in [0.4, 0.5) is 0 Å². The molecule has 1 aromatic rings. The Balaban J connectivity index is 2.71. The molecule has 0 atom stereocenters. The standard InChI is InChI=1S/C15H24N2O/c1-6-17(11-15(4,5)13(3)18)10-14-9-7-8-12(2)16-14/h7-9H,6,10-11H2,1-5H3. The molecule has 0 saturated carbocycles. The quantitative estimate of drug-likeness (QED) is 0.776. The average molecular weight is 248 g/mol. The van der Waals surface area contributed by atoms with E-state index in [1.165, 1.54) is 0 Å². The molecular formula is C15H24N2O. The Kier molecular flexibility index (Phi) is 5.03. The van der Waals surface area contributed by atoms with Gasteiger partial charge in [0.25, 0.3) is 0 Å². The Morgan fingerprint density at radius 3 is 2.56 bits per heavy atom. The fraction of sp³-hybridized carbons (Fsp3) is 0.600. The number of aryl methyl sites for hydroxylation is 1. The molecule has 0 saturated heterocycles. The zero-order chi connectivity index (χ0) is 13.8. The van der Waals surface area contributed by atoms with Gasteiger partial charge in [-0.2, -0.15) is 0 Å². The van der Waals surface area contributed by atoms with Crippen molar-refractivity contribution >= 4 is 5.78 Å². The van der Waals surface area contributed by atoms with E-state index in [1.807, 2.05) is 39.0 Å². The molecule has 0 radical (unpaired) electrons. The van der Waals surface area contributed by atoms with Gasteiger partial charge >= 0.3 is 0 Å². The summed E-state index contributed by atoms with van der Waals surface area (Å²) in [7, 11) is 0. The van der Waals surface area contributed by atoms with E-state index in [9.17, 15) is 4.79 Å². The van der Waals surface area contributed by atoms with Crippen LogP contribution in [-0.4, -0.2) is 28.8 Å². The van der Waals surface area contributed by atoms with Crippen LogP contribution >= 0.6 is 0 Å². The largest absolute Gasteiger partial charge is 0.299 e. The minimum absolute atomic E-state index is 0.234. The number of rotatable bonds is 6. The molecular weight excluding hydrogens is 224 g/mol. The van der Waals surface area contributed by atoms with Crippen molar-refractivity contribution in [2.75, 3.05) is 13.1 Å². The summed E-state index contributed by atoms with van der Waals surface area (Å²) in [6, 6.07) is 6.07. The Morgan fingerprint density at radius 1 is 1.39 bits per heavy atom. The topological polar surface area (TPSA) is 33.2 Å². The van der Waals surface area contributed by atoms with Crippen molar-refractivity contribution in [1.82, 2.24) is 9.88 Å². The van der Waals surface area contributed by atoms with Gasteiger partial charge in [0.05, 0.1) is 5.69 Å². The van der Waals surface area contributed by atoms with E-state index >= 15 is 0 Å². The van der Waals surface area contributed by atoms with E-state index in [1.54, 1.807) is 6.92 Å². The third-order valence-electron chi connectivity index (χ3n) is 3.35. The number of nitrogens with zero attached hydrogens (tertiary/aromatic N) is 2. The maximum atomic E-state index is 11.6. The minimum atomic E-state index is -0.292. The molecule has 0 aliphatic carbocycles.